The van der Waals surface area contributed by atoms with Gasteiger partial charge in [0.25, 0.3) is 0 Å². The van der Waals surface area contributed by atoms with E-state index in [2.05, 4.69) is 39.9 Å². The molecule has 0 amide bonds. The van der Waals surface area contributed by atoms with Gasteiger partial charge in [0.2, 0.25) is 0 Å². The lowest BCUT2D eigenvalue weighted by Gasteiger charge is -2.34. The molecule has 0 saturated carbocycles. The molecule has 1 aliphatic rings. The van der Waals surface area contributed by atoms with Crippen molar-refractivity contribution < 1.29 is 14.4 Å². The van der Waals surface area contributed by atoms with Gasteiger partial charge in [0, 0.05) is 51.9 Å². The number of ether oxygens (including phenoxy) is 1. The monoisotopic (exact) mass is 402 g/mol. The van der Waals surface area contributed by atoms with E-state index >= 15 is 0 Å². The van der Waals surface area contributed by atoms with Crippen molar-refractivity contribution in [3.05, 3.63) is 47.3 Å². The van der Waals surface area contributed by atoms with Crippen LogP contribution >= 0.6 is 0 Å². The SMILES string of the molecule is CCN1CCN(C[C@@H](O)COc2cccc(CN(C)Cc3cc(C)on3)c2)CC1. The van der Waals surface area contributed by atoms with Crippen LogP contribution in [0.4, 0.5) is 0 Å². The van der Waals surface area contributed by atoms with Gasteiger partial charge in [0.05, 0.1) is 5.69 Å². The van der Waals surface area contributed by atoms with Crippen LogP contribution in [0.15, 0.2) is 34.9 Å². The molecular weight excluding hydrogens is 368 g/mol. The highest BCUT2D eigenvalue weighted by Crippen LogP contribution is 2.16. The van der Waals surface area contributed by atoms with Gasteiger partial charge in [-0.1, -0.05) is 24.2 Å². The van der Waals surface area contributed by atoms with Gasteiger partial charge < -0.3 is 19.3 Å². The molecule has 0 aliphatic carbocycles. The molecular formula is C22H34N4O3. The van der Waals surface area contributed by atoms with E-state index in [-0.39, 0.29) is 0 Å². The van der Waals surface area contributed by atoms with Gasteiger partial charge in [-0.3, -0.25) is 9.80 Å². The number of rotatable bonds is 10. The fourth-order valence-electron chi connectivity index (χ4n) is 3.70. The van der Waals surface area contributed by atoms with Gasteiger partial charge in [-0.2, -0.15) is 0 Å². The molecule has 2 aromatic rings. The molecule has 0 radical (unpaired) electrons. The van der Waals surface area contributed by atoms with Crippen LogP contribution in [0.3, 0.4) is 0 Å². The lowest BCUT2D eigenvalue weighted by molar-refractivity contribution is 0.0470. The first-order valence-corrected chi connectivity index (χ1v) is 10.5. The molecule has 7 nitrogen and oxygen atoms in total. The first kappa shape index (κ1) is 21.8. The Morgan fingerprint density at radius 1 is 1.17 bits per heavy atom. The molecule has 1 fully saturated rings. The van der Waals surface area contributed by atoms with Crippen molar-refractivity contribution in [1.82, 2.24) is 19.9 Å². The number of hydrogen-bond donors (Lipinski definition) is 1. The van der Waals surface area contributed by atoms with E-state index in [1.807, 2.05) is 31.2 Å². The molecule has 1 saturated heterocycles. The number of aryl methyl sites for hydroxylation is 1. The van der Waals surface area contributed by atoms with E-state index in [0.717, 1.165) is 68.6 Å². The normalized spacial score (nSPS) is 17.0. The summed E-state index contributed by atoms with van der Waals surface area (Å²) in [4.78, 5) is 6.93. The van der Waals surface area contributed by atoms with Gasteiger partial charge in [-0.05, 0) is 38.2 Å². The highest BCUT2D eigenvalue weighted by atomic mass is 16.5. The summed E-state index contributed by atoms with van der Waals surface area (Å²) in [7, 11) is 2.06. The van der Waals surface area contributed by atoms with Gasteiger partial charge in [-0.25, -0.2) is 0 Å². The summed E-state index contributed by atoms with van der Waals surface area (Å²) >= 11 is 0. The summed E-state index contributed by atoms with van der Waals surface area (Å²) in [6.07, 6.45) is -0.482. The summed E-state index contributed by atoms with van der Waals surface area (Å²) in [5, 5.41) is 14.4. The number of aromatic nitrogens is 1. The lowest BCUT2D eigenvalue weighted by atomic mass is 10.2. The first-order chi connectivity index (χ1) is 14.0. The molecule has 7 heteroatoms. The minimum absolute atomic E-state index is 0.311. The molecule has 29 heavy (non-hydrogen) atoms. The van der Waals surface area contributed by atoms with Crippen molar-refractivity contribution in [3.63, 3.8) is 0 Å². The number of benzene rings is 1. The topological polar surface area (TPSA) is 65.2 Å². The second-order valence-electron chi connectivity index (χ2n) is 7.95. The maximum atomic E-state index is 10.4. The van der Waals surface area contributed by atoms with Gasteiger partial charge in [0.15, 0.2) is 0 Å². The number of aliphatic hydroxyl groups excluding tert-OH is 1. The van der Waals surface area contributed by atoms with Crippen LogP contribution in [0.1, 0.15) is 23.9 Å². The van der Waals surface area contributed by atoms with Gasteiger partial charge in [0.1, 0.15) is 24.2 Å². The number of β-amino-alcohol motifs (C(OH)–C–C–N with tert-alkyl or cyclic N) is 1. The molecule has 0 bridgehead atoms. The van der Waals surface area contributed by atoms with Gasteiger partial charge in [-0.15, -0.1) is 0 Å². The van der Waals surface area contributed by atoms with E-state index in [1.165, 1.54) is 0 Å². The summed E-state index contributed by atoms with van der Waals surface area (Å²) in [5.74, 6) is 1.62. The Kier molecular flexibility index (Phi) is 8.06. The smallest absolute Gasteiger partial charge is 0.133 e. The number of aliphatic hydroxyl groups is 1. The predicted octanol–water partition coefficient (Wildman–Crippen LogP) is 1.99. The maximum Gasteiger partial charge on any atom is 0.133 e. The number of nitrogens with zero attached hydrogens (tertiary/aromatic N) is 4. The first-order valence-electron chi connectivity index (χ1n) is 10.5. The van der Waals surface area contributed by atoms with Crippen LogP contribution in [-0.4, -0.2) is 84.0 Å². The van der Waals surface area contributed by atoms with E-state index in [9.17, 15) is 5.11 Å². The average molecular weight is 403 g/mol. The minimum atomic E-state index is -0.482. The molecule has 2 heterocycles. The highest BCUT2D eigenvalue weighted by molar-refractivity contribution is 5.28. The molecule has 1 aromatic heterocycles. The molecule has 0 unspecified atom stereocenters. The van der Waals surface area contributed by atoms with E-state index in [1.54, 1.807) is 0 Å². The molecule has 1 atom stereocenters. The summed E-state index contributed by atoms with van der Waals surface area (Å²) < 4.78 is 11.0. The Balaban J connectivity index is 1.42. The van der Waals surface area contributed by atoms with Crippen LogP contribution < -0.4 is 4.74 Å². The highest BCUT2D eigenvalue weighted by Gasteiger charge is 2.18. The molecule has 1 aliphatic heterocycles. The molecule has 3 rings (SSSR count). The van der Waals surface area contributed by atoms with Crippen molar-refractivity contribution in [2.45, 2.75) is 33.0 Å². The number of piperazine rings is 1. The maximum absolute atomic E-state index is 10.4. The van der Waals surface area contributed by atoms with E-state index in [0.29, 0.717) is 13.2 Å². The van der Waals surface area contributed by atoms with Crippen LogP contribution in [0, 0.1) is 6.92 Å². The Morgan fingerprint density at radius 3 is 2.62 bits per heavy atom. The fraction of sp³-hybridized carbons (Fsp3) is 0.591. The Morgan fingerprint density at radius 2 is 1.93 bits per heavy atom. The van der Waals surface area contributed by atoms with Crippen LogP contribution in [0.25, 0.3) is 0 Å². The Bertz CT molecular complexity index is 743. The largest absolute Gasteiger partial charge is 0.491 e. The molecule has 1 aromatic carbocycles. The predicted molar refractivity (Wildman–Crippen MR) is 113 cm³/mol. The number of hydrogen-bond acceptors (Lipinski definition) is 7. The third-order valence-corrected chi connectivity index (χ3v) is 5.28. The lowest BCUT2D eigenvalue weighted by Crippen LogP contribution is -2.49. The molecule has 0 spiro atoms. The van der Waals surface area contributed by atoms with Crippen LogP contribution in [0.5, 0.6) is 5.75 Å². The fourth-order valence-corrected chi connectivity index (χ4v) is 3.70. The zero-order valence-corrected chi connectivity index (χ0v) is 17.9. The quantitative estimate of drug-likeness (QED) is 0.652. The number of likely N-dealkylation sites (N-methyl/N-ethyl adjacent to an activating group) is 1. The van der Waals surface area contributed by atoms with Crippen molar-refractivity contribution in [3.8, 4) is 5.75 Å². The zero-order chi connectivity index (χ0) is 20.6. The third kappa shape index (κ3) is 7.12. The van der Waals surface area contributed by atoms with Crippen LogP contribution in [-0.2, 0) is 13.1 Å². The van der Waals surface area contributed by atoms with E-state index < -0.39 is 6.10 Å². The Labute approximate surface area is 173 Å². The van der Waals surface area contributed by atoms with Crippen molar-refractivity contribution in [1.29, 1.82) is 0 Å². The molecule has 160 valence electrons. The second-order valence-corrected chi connectivity index (χ2v) is 7.95. The zero-order valence-electron chi connectivity index (χ0n) is 17.9. The van der Waals surface area contributed by atoms with E-state index in [4.69, 9.17) is 9.26 Å². The van der Waals surface area contributed by atoms with Crippen molar-refractivity contribution in [2.24, 2.45) is 0 Å². The molecule has 1 N–H and O–H groups in total. The summed E-state index contributed by atoms with van der Waals surface area (Å²) in [6, 6.07) is 10.0. The standard InChI is InChI=1S/C22H34N4O3/c1-4-25-8-10-26(11-9-25)16-21(27)17-28-22-7-5-6-19(13-22)14-24(3)15-20-12-18(2)29-23-20/h5-7,12-13,21,27H,4,8-11,14-17H2,1-3H3/t21-/m1/s1. The Hall–Kier alpha value is -1.93. The second kappa shape index (κ2) is 10.7. The summed E-state index contributed by atoms with van der Waals surface area (Å²) in [5.41, 5.74) is 2.09. The average Bonchev–Trinajstić information content (AvgIpc) is 3.11. The summed E-state index contributed by atoms with van der Waals surface area (Å²) in [6.45, 7) is 11.9. The van der Waals surface area contributed by atoms with Crippen molar-refractivity contribution in [2.75, 3.05) is 52.9 Å². The van der Waals surface area contributed by atoms with Crippen LogP contribution in [0.2, 0.25) is 0 Å². The van der Waals surface area contributed by atoms with Gasteiger partial charge >= 0.3 is 0 Å². The van der Waals surface area contributed by atoms with Crippen molar-refractivity contribution >= 4 is 0 Å². The minimum Gasteiger partial charge on any atom is -0.491 e. The third-order valence-electron chi connectivity index (χ3n) is 5.28.